The molecule has 0 aliphatic carbocycles. The number of rotatable bonds is 2. The Morgan fingerprint density at radius 3 is 2.42 bits per heavy atom. The van der Waals surface area contributed by atoms with E-state index in [-0.39, 0.29) is 17.0 Å². The average molecular weight is 300 g/mol. The predicted molar refractivity (Wildman–Crippen MR) is 77.1 cm³/mol. The van der Waals surface area contributed by atoms with Crippen molar-refractivity contribution in [2.24, 2.45) is 4.99 Å². The van der Waals surface area contributed by atoms with Gasteiger partial charge in [0.15, 0.2) is 0 Å². The molecule has 0 heterocycles. The first-order valence-electron chi connectivity index (χ1n) is 5.07. The normalized spacial score (nSPS) is 10.4. The molecule has 0 bridgehead atoms. The SMILES string of the molecule is O.Oc1ccc(O)c(C=Nc2ccc(Cl)cc2Cl)c1. The molecule has 6 heteroatoms. The highest BCUT2D eigenvalue weighted by Crippen LogP contribution is 2.28. The molecule has 2 rings (SSSR count). The number of phenols is 2. The summed E-state index contributed by atoms with van der Waals surface area (Å²) in [6, 6.07) is 9.10. The number of benzene rings is 2. The Labute approximate surface area is 119 Å². The van der Waals surface area contributed by atoms with Crippen LogP contribution >= 0.6 is 23.2 Å². The van der Waals surface area contributed by atoms with Crippen molar-refractivity contribution in [1.29, 1.82) is 0 Å². The van der Waals surface area contributed by atoms with Gasteiger partial charge < -0.3 is 15.7 Å². The minimum absolute atomic E-state index is 0. The van der Waals surface area contributed by atoms with Crippen molar-refractivity contribution in [2.75, 3.05) is 0 Å². The van der Waals surface area contributed by atoms with E-state index < -0.39 is 0 Å². The van der Waals surface area contributed by atoms with E-state index in [9.17, 15) is 10.2 Å². The average Bonchev–Trinajstić information content (AvgIpc) is 2.32. The lowest BCUT2D eigenvalue weighted by molar-refractivity contribution is 0.459. The van der Waals surface area contributed by atoms with Crippen LogP contribution < -0.4 is 0 Å². The molecule has 0 radical (unpaired) electrons. The van der Waals surface area contributed by atoms with Crippen molar-refractivity contribution >= 4 is 35.1 Å². The van der Waals surface area contributed by atoms with E-state index in [1.165, 1.54) is 24.4 Å². The second kappa shape index (κ2) is 6.43. The van der Waals surface area contributed by atoms with Crippen LogP contribution in [0.15, 0.2) is 41.4 Å². The Morgan fingerprint density at radius 1 is 1.00 bits per heavy atom. The van der Waals surface area contributed by atoms with Crippen molar-refractivity contribution < 1.29 is 15.7 Å². The van der Waals surface area contributed by atoms with Gasteiger partial charge in [-0.2, -0.15) is 0 Å². The topological polar surface area (TPSA) is 84.3 Å². The van der Waals surface area contributed by atoms with Crippen molar-refractivity contribution in [3.8, 4) is 11.5 Å². The maximum atomic E-state index is 9.57. The fourth-order valence-electron chi connectivity index (χ4n) is 1.37. The van der Waals surface area contributed by atoms with Crippen LogP contribution in [0.3, 0.4) is 0 Å². The number of halogens is 2. The molecule has 0 fully saturated rings. The van der Waals surface area contributed by atoms with E-state index >= 15 is 0 Å². The van der Waals surface area contributed by atoms with Gasteiger partial charge >= 0.3 is 0 Å². The van der Waals surface area contributed by atoms with Crippen LogP contribution in [-0.4, -0.2) is 21.9 Å². The molecule has 0 aliphatic heterocycles. The number of aromatic hydroxyl groups is 2. The molecule has 0 unspecified atom stereocenters. The van der Waals surface area contributed by atoms with Crippen LogP contribution in [0.4, 0.5) is 5.69 Å². The van der Waals surface area contributed by atoms with Gasteiger partial charge in [0.2, 0.25) is 0 Å². The molecule has 0 saturated heterocycles. The molecular weight excluding hydrogens is 289 g/mol. The Morgan fingerprint density at radius 2 is 1.74 bits per heavy atom. The molecule has 19 heavy (non-hydrogen) atoms. The summed E-state index contributed by atoms with van der Waals surface area (Å²) in [7, 11) is 0. The van der Waals surface area contributed by atoms with Gasteiger partial charge in [0.05, 0.1) is 10.7 Å². The van der Waals surface area contributed by atoms with Crippen LogP contribution in [0.2, 0.25) is 10.0 Å². The summed E-state index contributed by atoms with van der Waals surface area (Å²) in [5.74, 6) is 0.0816. The lowest BCUT2D eigenvalue weighted by Crippen LogP contribution is -1.82. The predicted octanol–water partition coefficient (Wildman–Crippen LogP) is 3.33. The molecule has 0 spiro atoms. The molecule has 100 valence electrons. The molecule has 0 aromatic heterocycles. The van der Waals surface area contributed by atoms with Crippen molar-refractivity contribution in [2.45, 2.75) is 0 Å². The van der Waals surface area contributed by atoms with Crippen molar-refractivity contribution in [3.63, 3.8) is 0 Å². The first-order valence-corrected chi connectivity index (χ1v) is 5.83. The van der Waals surface area contributed by atoms with Crippen molar-refractivity contribution in [1.82, 2.24) is 0 Å². The van der Waals surface area contributed by atoms with Crippen LogP contribution in [0.1, 0.15) is 5.56 Å². The van der Waals surface area contributed by atoms with Gasteiger partial charge in [-0.25, -0.2) is 0 Å². The van der Waals surface area contributed by atoms with Gasteiger partial charge in [-0.15, -0.1) is 0 Å². The molecule has 4 N–H and O–H groups in total. The first-order chi connectivity index (χ1) is 8.56. The number of hydrogen-bond acceptors (Lipinski definition) is 3. The zero-order chi connectivity index (χ0) is 13.1. The number of aliphatic imine (C=N–C) groups is 1. The van der Waals surface area contributed by atoms with Gasteiger partial charge in [0.1, 0.15) is 11.5 Å². The number of phenolic OH excluding ortho intramolecular Hbond substituents is 2. The third kappa shape index (κ3) is 3.86. The monoisotopic (exact) mass is 299 g/mol. The number of nitrogens with zero attached hydrogens (tertiary/aromatic N) is 1. The summed E-state index contributed by atoms with van der Waals surface area (Å²) in [6.45, 7) is 0. The van der Waals surface area contributed by atoms with Crippen LogP contribution in [-0.2, 0) is 0 Å². The highest BCUT2D eigenvalue weighted by Gasteiger charge is 2.01. The van der Waals surface area contributed by atoms with Gasteiger partial charge in [0, 0.05) is 16.8 Å². The van der Waals surface area contributed by atoms with E-state index in [1.54, 1.807) is 18.2 Å². The highest BCUT2D eigenvalue weighted by atomic mass is 35.5. The smallest absolute Gasteiger partial charge is 0.124 e. The van der Waals surface area contributed by atoms with E-state index in [0.717, 1.165) is 0 Å². The molecule has 2 aromatic rings. The summed E-state index contributed by atoms with van der Waals surface area (Å²) in [5, 5.41) is 19.8. The van der Waals surface area contributed by atoms with Crippen LogP contribution in [0.25, 0.3) is 0 Å². The molecule has 0 atom stereocenters. The summed E-state index contributed by atoms with van der Waals surface area (Å²) < 4.78 is 0. The minimum atomic E-state index is 0. The highest BCUT2D eigenvalue weighted by molar-refractivity contribution is 6.36. The second-order valence-corrected chi connectivity index (χ2v) is 4.44. The molecule has 2 aromatic carbocycles. The zero-order valence-electron chi connectivity index (χ0n) is 9.64. The summed E-state index contributed by atoms with van der Waals surface area (Å²) in [5.41, 5.74) is 0.935. The van der Waals surface area contributed by atoms with E-state index in [1.807, 2.05) is 0 Å². The summed E-state index contributed by atoms with van der Waals surface area (Å²) in [6.07, 6.45) is 1.42. The molecular formula is C13H11Cl2NO3. The third-order valence-electron chi connectivity index (χ3n) is 2.26. The quantitative estimate of drug-likeness (QED) is 0.658. The fourth-order valence-corrected chi connectivity index (χ4v) is 1.83. The Bertz CT molecular complexity index is 615. The van der Waals surface area contributed by atoms with Gasteiger partial charge in [-0.3, -0.25) is 4.99 Å². The van der Waals surface area contributed by atoms with Gasteiger partial charge in [-0.1, -0.05) is 23.2 Å². The van der Waals surface area contributed by atoms with Crippen LogP contribution in [0.5, 0.6) is 11.5 Å². The molecule has 4 nitrogen and oxygen atoms in total. The van der Waals surface area contributed by atoms with E-state index in [2.05, 4.69) is 4.99 Å². The second-order valence-electron chi connectivity index (χ2n) is 3.60. The Kier molecular flexibility index (Phi) is 5.18. The first kappa shape index (κ1) is 15.3. The molecule has 0 amide bonds. The lowest BCUT2D eigenvalue weighted by Gasteiger charge is -2.01. The lowest BCUT2D eigenvalue weighted by atomic mass is 10.2. The third-order valence-corrected chi connectivity index (χ3v) is 2.80. The van der Waals surface area contributed by atoms with Gasteiger partial charge in [-0.05, 0) is 36.4 Å². The maximum absolute atomic E-state index is 9.57. The summed E-state index contributed by atoms with van der Waals surface area (Å²) in [4.78, 5) is 4.13. The fraction of sp³-hybridized carbons (Fsp3) is 0. The van der Waals surface area contributed by atoms with Crippen molar-refractivity contribution in [3.05, 3.63) is 52.0 Å². The minimum Gasteiger partial charge on any atom is -0.508 e. The van der Waals surface area contributed by atoms with Gasteiger partial charge in [0.25, 0.3) is 0 Å². The summed E-state index contributed by atoms with van der Waals surface area (Å²) >= 11 is 11.7. The standard InChI is InChI=1S/C13H9Cl2NO2.H2O/c14-9-1-3-12(11(15)6-9)16-7-8-5-10(17)2-4-13(8)18;/h1-7,17-18H;1H2. The van der Waals surface area contributed by atoms with Crippen LogP contribution in [0, 0.1) is 0 Å². The number of hydrogen-bond donors (Lipinski definition) is 2. The van der Waals surface area contributed by atoms with E-state index in [0.29, 0.717) is 21.3 Å². The molecule has 0 aliphatic rings. The van der Waals surface area contributed by atoms with E-state index in [4.69, 9.17) is 23.2 Å². The zero-order valence-corrected chi connectivity index (χ0v) is 11.2. The largest absolute Gasteiger partial charge is 0.508 e. The Balaban J connectivity index is 0.00000180. The maximum Gasteiger partial charge on any atom is 0.124 e. The Hall–Kier alpha value is -1.75. The molecule has 0 saturated carbocycles.